The molecule has 0 aliphatic rings. The summed E-state index contributed by atoms with van der Waals surface area (Å²) < 4.78 is 16.6. The Morgan fingerprint density at radius 1 is 0.382 bits per heavy atom. The van der Waals surface area contributed by atoms with E-state index in [-0.39, 0.29) is 37.5 Å². The van der Waals surface area contributed by atoms with Gasteiger partial charge >= 0.3 is 17.9 Å². The quantitative estimate of drug-likeness (QED) is 0.0267. The lowest BCUT2D eigenvalue weighted by Gasteiger charge is -2.18. The second-order valence-electron chi connectivity index (χ2n) is 15.3. The van der Waals surface area contributed by atoms with Crippen LogP contribution < -0.4 is 0 Å². The minimum atomic E-state index is -0.787. The Morgan fingerprint density at radius 3 is 1.11 bits per heavy atom. The van der Waals surface area contributed by atoms with Crippen LogP contribution in [0.4, 0.5) is 0 Å². The topological polar surface area (TPSA) is 78.9 Å². The Hall–Kier alpha value is -2.63. The first-order chi connectivity index (χ1) is 27.0. The van der Waals surface area contributed by atoms with Gasteiger partial charge in [0.15, 0.2) is 6.10 Å². The van der Waals surface area contributed by atoms with Crippen LogP contribution in [0.1, 0.15) is 226 Å². The standard InChI is InChI=1S/C49H86O6/c1-4-7-10-13-15-17-19-21-23-24-26-27-29-31-33-36-39-42-48(51)54-45-46(44-53-47(50)41-38-35-12-9-6-3)55-49(52)43-40-37-34-32-30-28-25-22-20-18-16-14-11-8-5-2/h8,11,16,18,22,25,30,32,46H,4-7,9-10,12-15,17,19-21,23-24,26-29,31,33-45H2,1-3H3/b11-8-,18-16-,25-22-,32-30-. The summed E-state index contributed by atoms with van der Waals surface area (Å²) in [6.45, 7) is 6.40. The Morgan fingerprint density at radius 2 is 0.709 bits per heavy atom. The van der Waals surface area contributed by atoms with E-state index in [1.54, 1.807) is 0 Å². The van der Waals surface area contributed by atoms with E-state index in [1.165, 1.54) is 96.3 Å². The lowest BCUT2D eigenvalue weighted by Crippen LogP contribution is -2.30. The Kier molecular flexibility index (Phi) is 42.0. The lowest BCUT2D eigenvalue weighted by atomic mass is 10.0. The number of unbranched alkanes of at least 4 members (excludes halogenated alkanes) is 22. The molecule has 0 aliphatic heterocycles. The number of carbonyl (C=O) groups excluding carboxylic acids is 3. The molecule has 0 saturated heterocycles. The fourth-order valence-electron chi connectivity index (χ4n) is 6.37. The highest BCUT2D eigenvalue weighted by Gasteiger charge is 2.19. The van der Waals surface area contributed by atoms with Crippen molar-refractivity contribution < 1.29 is 28.6 Å². The summed E-state index contributed by atoms with van der Waals surface area (Å²) in [5.41, 5.74) is 0. The second kappa shape index (κ2) is 44.1. The molecular formula is C49H86O6. The van der Waals surface area contributed by atoms with E-state index < -0.39 is 6.10 Å². The van der Waals surface area contributed by atoms with Crippen LogP contribution in [0.25, 0.3) is 0 Å². The van der Waals surface area contributed by atoms with Gasteiger partial charge in [-0.3, -0.25) is 14.4 Å². The van der Waals surface area contributed by atoms with Gasteiger partial charge in [0.25, 0.3) is 0 Å². The number of rotatable bonds is 41. The van der Waals surface area contributed by atoms with Gasteiger partial charge in [-0.1, -0.05) is 198 Å². The summed E-state index contributed by atoms with van der Waals surface area (Å²) in [6.07, 6.45) is 51.3. The lowest BCUT2D eigenvalue weighted by molar-refractivity contribution is -0.167. The summed E-state index contributed by atoms with van der Waals surface area (Å²) in [7, 11) is 0. The number of allylic oxidation sites excluding steroid dienone is 8. The van der Waals surface area contributed by atoms with Gasteiger partial charge in [-0.2, -0.15) is 0 Å². The second-order valence-corrected chi connectivity index (χ2v) is 15.3. The maximum Gasteiger partial charge on any atom is 0.306 e. The third-order valence-corrected chi connectivity index (χ3v) is 9.85. The highest BCUT2D eigenvalue weighted by molar-refractivity contribution is 5.71. The van der Waals surface area contributed by atoms with Crippen LogP contribution in [-0.4, -0.2) is 37.2 Å². The first-order valence-corrected chi connectivity index (χ1v) is 23.1. The molecule has 6 heteroatoms. The van der Waals surface area contributed by atoms with Gasteiger partial charge in [0.2, 0.25) is 0 Å². The molecule has 0 saturated carbocycles. The van der Waals surface area contributed by atoms with Crippen LogP contribution in [-0.2, 0) is 28.6 Å². The Balaban J connectivity index is 4.25. The predicted molar refractivity (Wildman–Crippen MR) is 233 cm³/mol. The van der Waals surface area contributed by atoms with Crippen molar-refractivity contribution in [3.63, 3.8) is 0 Å². The van der Waals surface area contributed by atoms with Crippen molar-refractivity contribution in [3.8, 4) is 0 Å². The molecular weight excluding hydrogens is 685 g/mol. The number of hydrogen-bond donors (Lipinski definition) is 0. The SMILES string of the molecule is CC/C=C\C/C=C\C/C=C\C/C=C\CCCCC(=O)OC(COC(=O)CCCCCCC)COC(=O)CCCCCCCCCCCCCCCCCCC. The molecule has 1 unspecified atom stereocenters. The average Bonchev–Trinajstić information content (AvgIpc) is 3.18. The predicted octanol–water partition coefficient (Wildman–Crippen LogP) is 14.8. The van der Waals surface area contributed by atoms with Crippen molar-refractivity contribution in [3.05, 3.63) is 48.6 Å². The molecule has 0 heterocycles. The van der Waals surface area contributed by atoms with Crippen LogP contribution >= 0.6 is 0 Å². The monoisotopic (exact) mass is 771 g/mol. The molecule has 0 spiro atoms. The molecule has 318 valence electrons. The number of hydrogen-bond acceptors (Lipinski definition) is 6. The zero-order chi connectivity index (χ0) is 40.1. The molecule has 0 rings (SSSR count). The summed E-state index contributed by atoms with van der Waals surface area (Å²) in [5, 5.41) is 0. The summed E-state index contributed by atoms with van der Waals surface area (Å²) in [5.74, 6) is -0.942. The van der Waals surface area contributed by atoms with E-state index in [4.69, 9.17) is 14.2 Å². The van der Waals surface area contributed by atoms with Crippen LogP contribution in [0.3, 0.4) is 0 Å². The number of ether oxygens (including phenoxy) is 3. The fourth-order valence-corrected chi connectivity index (χ4v) is 6.37. The summed E-state index contributed by atoms with van der Waals surface area (Å²) >= 11 is 0. The van der Waals surface area contributed by atoms with E-state index in [0.29, 0.717) is 19.3 Å². The molecule has 0 N–H and O–H groups in total. The molecule has 0 aromatic carbocycles. The number of esters is 3. The van der Waals surface area contributed by atoms with Gasteiger partial charge in [-0.25, -0.2) is 0 Å². The maximum absolute atomic E-state index is 12.7. The Bertz CT molecular complexity index is 980. The normalized spacial score (nSPS) is 12.4. The fraction of sp³-hybridized carbons (Fsp3) is 0.776. The first kappa shape index (κ1) is 52.4. The Labute approximate surface area is 339 Å². The van der Waals surface area contributed by atoms with E-state index >= 15 is 0 Å². The van der Waals surface area contributed by atoms with Crippen LogP contribution in [0.2, 0.25) is 0 Å². The molecule has 0 radical (unpaired) electrons. The van der Waals surface area contributed by atoms with Gasteiger partial charge < -0.3 is 14.2 Å². The van der Waals surface area contributed by atoms with E-state index in [9.17, 15) is 14.4 Å². The summed E-state index contributed by atoms with van der Waals surface area (Å²) in [4.78, 5) is 37.5. The van der Waals surface area contributed by atoms with Crippen LogP contribution in [0.5, 0.6) is 0 Å². The zero-order valence-electron chi connectivity index (χ0n) is 36.2. The van der Waals surface area contributed by atoms with Crippen LogP contribution in [0.15, 0.2) is 48.6 Å². The molecule has 0 fully saturated rings. The van der Waals surface area contributed by atoms with Gasteiger partial charge in [-0.05, 0) is 57.8 Å². The van der Waals surface area contributed by atoms with Gasteiger partial charge in [-0.15, -0.1) is 0 Å². The van der Waals surface area contributed by atoms with Gasteiger partial charge in [0.1, 0.15) is 13.2 Å². The zero-order valence-corrected chi connectivity index (χ0v) is 36.2. The van der Waals surface area contributed by atoms with Crippen molar-refractivity contribution in [2.24, 2.45) is 0 Å². The molecule has 6 nitrogen and oxygen atoms in total. The van der Waals surface area contributed by atoms with E-state index in [1.807, 2.05) is 0 Å². The molecule has 1 atom stereocenters. The molecule has 0 bridgehead atoms. The summed E-state index contributed by atoms with van der Waals surface area (Å²) in [6, 6.07) is 0. The molecule has 55 heavy (non-hydrogen) atoms. The first-order valence-electron chi connectivity index (χ1n) is 23.1. The minimum absolute atomic E-state index is 0.0880. The van der Waals surface area contributed by atoms with Gasteiger partial charge in [0, 0.05) is 19.3 Å². The van der Waals surface area contributed by atoms with E-state index in [0.717, 1.165) is 83.5 Å². The molecule has 0 amide bonds. The smallest absolute Gasteiger partial charge is 0.306 e. The third-order valence-electron chi connectivity index (χ3n) is 9.85. The number of carbonyl (C=O) groups is 3. The molecule has 0 aliphatic carbocycles. The van der Waals surface area contributed by atoms with E-state index in [2.05, 4.69) is 69.4 Å². The van der Waals surface area contributed by atoms with Crippen molar-refractivity contribution in [1.82, 2.24) is 0 Å². The van der Waals surface area contributed by atoms with Crippen molar-refractivity contribution in [2.75, 3.05) is 13.2 Å². The van der Waals surface area contributed by atoms with Crippen LogP contribution in [0, 0.1) is 0 Å². The van der Waals surface area contributed by atoms with Crippen molar-refractivity contribution in [1.29, 1.82) is 0 Å². The molecule has 0 aromatic heterocycles. The average molecular weight is 771 g/mol. The largest absolute Gasteiger partial charge is 0.462 e. The van der Waals surface area contributed by atoms with Gasteiger partial charge in [0.05, 0.1) is 0 Å². The highest BCUT2D eigenvalue weighted by Crippen LogP contribution is 2.15. The minimum Gasteiger partial charge on any atom is -0.462 e. The maximum atomic E-state index is 12.7. The van der Waals surface area contributed by atoms with Crippen molar-refractivity contribution in [2.45, 2.75) is 232 Å². The third kappa shape index (κ3) is 42.4. The highest BCUT2D eigenvalue weighted by atomic mass is 16.6. The van der Waals surface area contributed by atoms with Crippen molar-refractivity contribution >= 4 is 17.9 Å². The molecule has 0 aromatic rings.